The lowest BCUT2D eigenvalue weighted by Crippen LogP contribution is -2.20. The zero-order valence-corrected chi connectivity index (χ0v) is 10.3. The van der Waals surface area contributed by atoms with Crippen molar-refractivity contribution in [1.29, 1.82) is 0 Å². The van der Waals surface area contributed by atoms with Gasteiger partial charge in [0.1, 0.15) is 0 Å². The van der Waals surface area contributed by atoms with Crippen LogP contribution in [0.5, 0.6) is 0 Å². The second-order valence-corrected chi connectivity index (χ2v) is 5.51. The normalized spacial score (nSPS) is 25.9. The molecular weight excluding hydrogens is 252 g/mol. The van der Waals surface area contributed by atoms with Crippen LogP contribution in [0, 0.1) is 11.8 Å². The summed E-state index contributed by atoms with van der Waals surface area (Å²) < 4.78 is 1.13. The summed E-state index contributed by atoms with van der Waals surface area (Å²) in [6.07, 6.45) is 8.08. The third-order valence-corrected chi connectivity index (χ3v) is 4.22. The van der Waals surface area contributed by atoms with Gasteiger partial charge in [0, 0.05) is 25.5 Å². The van der Waals surface area contributed by atoms with Crippen molar-refractivity contribution in [3.05, 3.63) is 22.9 Å². The maximum Gasteiger partial charge on any atom is 0.0592 e. The maximum absolute atomic E-state index is 4.11. The largest absolute Gasteiger partial charge is 0.370 e. The van der Waals surface area contributed by atoms with E-state index in [9.17, 15) is 0 Å². The molecule has 0 bridgehead atoms. The third-order valence-electron chi connectivity index (χ3n) is 3.61. The van der Waals surface area contributed by atoms with Crippen LogP contribution in [0.3, 0.4) is 0 Å². The van der Waals surface area contributed by atoms with Crippen LogP contribution >= 0.6 is 15.9 Å². The fraction of sp³-hybridized carbons (Fsp3) is 0.583. The Kier molecular flexibility index (Phi) is 2.43. The van der Waals surface area contributed by atoms with Crippen molar-refractivity contribution < 1.29 is 0 Å². The molecule has 2 fully saturated rings. The monoisotopic (exact) mass is 266 g/mol. The van der Waals surface area contributed by atoms with Crippen LogP contribution in [0.2, 0.25) is 0 Å². The van der Waals surface area contributed by atoms with E-state index in [0.29, 0.717) is 0 Å². The van der Waals surface area contributed by atoms with Crippen molar-refractivity contribution in [2.75, 3.05) is 18.0 Å². The number of rotatable bonds is 2. The van der Waals surface area contributed by atoms with Gasteiger partial charge in [0.05, 0.1) is 10.2 Å². The van der Waals surface area contributed by atoms with Gasteiger partial charge in [0.15, 0.2) is 0 Å². The van der Waals surface area contributed by atoms with Gasteiger partial charge in [-0.1, -0.05) is 0 Å². The van der Waals surface area contributed by atoms with Gasteiger partial charge in [0.25, 0.3) is 0 Å². The van der Waals surface area contributed by atoms with Crippen molar-refractivity contribution in [3.8, 4) is 0 Å². The second kappa shape index (κ2) is 3.78. The molecular formula is C12H15BrN2. The highest BCUT2D eigenvalue weighted by molar-refractivity contribution is 9.10. The van der Waals surface area contributed by atoms with E-state index >= 15 is 0 Å². The highest BCUT2D eigenvalue weighted by Crippen LogP contribution is 2.42. The van der Waals surface area contributed by atoms with Crippen LogP contribution in [-0.2, 0) is 0 Å². The minimum absolute atomic E-state index is 0.949. The van der Waals surface area contributed by atoms with Crippen LogP contribution < -0.4 is 4.90 Å². The summed E-state index contributed by atoms with van der Waals surface area (Å²) >= 11 is 3.57. The highest BCUT2D eigenvalue weighted by atomic mass is 79.9. The van der Waals surface area contributed by atoms with E-state index < -0.39 is 0 Å². The lowest BCUT2D eigenvalue weighted by atomic mass is 10.0. The third kappa shape index (κ3) is 1.89. The molecule has 15 heavy (non-hydrogen) atoms. The minimum Gasteiger partial charge on any atom is -0.370 e. The minimum atomic E-state index is 0.949. The van der Waals surface area contributed by atoms with E-state index in [4.69, 9.17) is 0 Å². The predicted octanol–water partition coefficient (Wildman–Crippen LogP) is 3.08. The van der Waals surface area contributed by atoms with Crippen LogP contribution in [0.1, 0.15) is 19.3 Å². The molecule has 3 rings (SSSR count). The van der Waals surface area contributed by atoms with E-state index in [1.54, 1.807) is 0 Å². The van der Waals surface area contributed by atoms with Crippen LogP contribution in [0.25, 0.3) is 0 Å². The van der Waals surface area contributed by atoms with Gasteiger partial charge in [-0.15, -0.1) is 0 Å². The Labute approximate surface area is 98.8 Å². The van der Waals surface area contributed by atoms with E-state index in [1.165, 1.54) is 38.0 Å². The van der Waals surface area contributed by atoms with Gasteiger partial charge in [-0.2, -0.15) is 0 Å². The lowest BCUT2D eigenvalue weighted by Gasteiger charge is -2.19. The first-order chi connectivity index (χ1) is 7.34. The van der Waals surface area contributed by atoms with Crippen molar-refractivity contribution >= 4 is 21.6 Å². The Hall–Kier alpha value is -0.570. The van der Waals surface area contributed by atoms with Gasteiger partial charge >= 0.3 is 0 Å². The molecule has 1 aliphatic carbocycles. The Morgan fingerprint density at radius 3 is 2.87 bits per heavy atom. The Morgan fingerprint density at radius 2 is 2.13 bits per heavy atom. The van der Waals surface area contributed by atoms with E-state index in [0.717, 1.165) is 16.3 Å². The van der Waals surface area contributed by atoms with Crippen molar-refractivity contribution in [2.45, 2.75) is 19.3 Å². The number of halogens is 1. The molecule has 0 radical (unpaired) electrons. The summed E-state index contributed by atoms with van der Waals surface area (Å²) in [5.74, 6) is 1.99. The maximum atomic E-state index is 4.11. The molecule has 2 heterocycles. The van der Waals surface area contributed by atoms with Crippen LogP contribution in [0.4, 0.5) is 5.69 Å². The number of hydrogen-bond acceptors (Lipinski definition) is 2. The molecule has 80 valence electrons. The Morgan fingerprint density at radius 1 is 1.27 bits per heavy atom. The first kappa shape index (κ1) is 9.64. The topological polar surface area (TPSA) is 16.1 Å². The molecule has 0 N–H and O–H groups in total. The molecule has 1 saturated heterocycles. The second-order valence-electron chi connectivity index (χ2n) is 4.66. The van der Waals surface area contributed by atoms with Gasteiger partial charge in [-0.05, 0) is 53.1 Å². The molecule has 0 amide bonds. The molecule has 0 aromatic carbocycles. The van der Waals surface area contributed by atoms with Crippen molar-refractivity contribution in [1.82, 2.24) is 4.98 Å². The van der Waals surface area contributed by atoms with Crippen LogP contribution in [0.15, 0.2) is 22.9 Å². The summed E-state index contributed by atoms with van der Waals surface area (Å²) in [4.78, 5) is 6.60. The summed E-state index contributed by atoms with van der Waals surface area (Å²) in [7, 11) is 0. The predicted molar refractivity (Wildman–Crippen MR) is 65.0 cm³/mol. The molecule has 1 aliphatic heterocycles. The van der Waals surface area contributed by atoms with Gasteiger partial charge < -0.3 is 4.90 Å². The summed E-state index contributed by atoms with van der Waals surface area (Å²) in [6, 6.07) is 2.11. The average molecular weight is 267 g/mol. The van der Waals surface area contributed by atoms with E-state index in [1.807, 2.05) is 12.4 Å². The number of pyridine rings is 1. The number of aromatic nitrogens is 1. The quantitative estimate of drug-likeness (QED) is 0.818. The molecule has 0 spiro atoms. The van der Waals surface area contributed by atoms with E-state index in [2.05, 4.69) is 31.9 Å². The van der Waals surface area contributed by atoms with E-state index in [-0.39, 0.29) is 0 Å². The molecule has 1 atom stereocenters. The van der Waals surface area contributed by atoms with Gasteiger partial charge in [-0.3, -0.25) is 4.98 Å². The molecule has 2 aliphatic rings. The smallest absolute Gasteiger partial charge is 0.0592 e. The average Bonchev–Trinajstić information content (AvgIpc) is 2.99. The summed E-state index contributed by atoms with van der Waals surface area (Å²) in [5, 5.41) is 0. The van der Waals surface area contributed by atoms with Crippen LogP contribution in [-0.4, -0.2) is 18.1 Å². The molecule has 1 unspecified atom stereocenters. The molecule has 1 saturated carbocycles. The Bertz CT molecular complexity index is 362. The fourth-order valence-corrected chi connectivity index (χ4v) is 3.08. The zero-order chi connectivity index (χ0) is 10.3. The Balaban J connectivity index is 1.75. The van der Waals surface area contributed by atoms with Crippen molar-refractivity contribution in [2.24, 2.45) is 11.8 Å². The first-order valence-corrected chi connectivity index (χ1v) is 6.48. The SMILES string of the molecule is Brc1cnccc1N1CCC(C2CC2)C1. The number of hydrogen-bond donors (Lipinski definition) is 0. The van der Waals surface area contributed by atoms with Gasteiger partial charge in [0.2, 0.25) is 0 Å². The number of nitrogens with zero attached hydrogens (tertiary/aromatic N) is 2. The zero-order valence-electron chi connectivity index (χ0n) is 8.69. The summed E-state index contributed by atoms with van der Waals surface area (Å²) in [6.45, 7) is 2.46. The molecule has 2 nitrogen and oxygen atoms in total. The number of anilines is 1. The molecule has 1 aromatic heterocycles. The van der Waals surface area contributed by atoms with Gasteiger partial charge in [-0.25, -0.2) is 0 Å². The summed E-state index contributed by atoms with van der Waals surface area (Å²) in [5.41, 5.74) is 1.31. The lowest BCUT2D eigenvalue weighted by molar-refractivity contribution is 0.514. The molecule has 1 aromatic rings. The molecule has 3 heteroatoms. The highest BCUT2D eigenvalue weighted by Gasteiger charge is 2.36. The first-order valence-electron chi connectivity index (χ1n) is 5.69. The fourth-order valence-electron chi connectivity index (χ4n) is 2.58. The standard InChI is InChI=1S/C12H15BrN2/c13-11-7-14-5-3-12(11)15-6-4-10(8-15)9-1-2-9/h3,5,7,9-10H,1-2,4,6,8H2. The van der Waals surface area contributed by atoms with Crippen molar-refractivity contribution in [3.63, 3.8) is 0 Å².